The zero-order valence-corrected chi connectivity index (χ0v) is 16.4. The Labute approximate surface area is 159 Å². The highest BCUT2D eigenvalue weighted by molar-refractivity contribution is 7.88. The van der Waals surface area contributed by atoms with Crippen LogP contribution in [0.25, 0.3) is 0 Å². The van der Waals surface area contributed by atoms with Crippen molar-refractivity contribution in [1.82, 2.24) is 9.21 Å². The standard InChI is InChI=1S/C18H25FN2O5S/c1-3-26-18(23)15-8-10-20(11-9-15)17(22)13-21(27(2,24)25)12-14-4-6-16(19)7-5-14/h4-7,15H,3,8-13H2,1-2H3. The first-order chi connectivity index (χ1) is 12.7. The fourth-order valence-corrected chi connectivity index (χ4v) is 3.69. The minimum Gasteiger partial charge on any atom is -0.466 e. The van der Waals surface area contributed by atoms with Crippen LogP contribution in [0.3, 0.4) is 0 Å². The van der Waals surface area contributed by atoms with Crippen molar-refractivity contribution < 1.29 is 27.1 Å². The summed E-state index contributed by atoms with van der Waals surface area (Å²) in [5.41, 5.74) is 0.593. The van der Waals surface area contributed by atoms with Crippen LogP contribution in [0.1, 0.15) is 25.3 Å². The number of ether oxygens (including phenoxy) is 1. The van der Waals surface area contributed by atoms with Crippen LogP contribution >= 0.6 is 0 Å². The zero-order chi connectivity index (χ0) is 20.0. The number of amides is 1. The highest BCUT2D eigenvalue weighted by Gasteiger charge is 2.30. The lowest BCUT2D eigenvalue weighted by Gasteiger charge is -2.32. The highest BCUT2D eigenvalue weighted by Crippen LogP contribution is 2.19. The third kappa shape index (κ3) is 6.28. The second-order valence-corrected chi connectivity index (χ2v) is 8.55. The van der Waals surface area contributed by atoms with Gasteiger partial charge in [0.2, 0.25) is 15.9 Å². The number of halogens is 1. The second kappa shape index (κ2) is 9.27. The molecular weight excluding hydrogens is 375 g/mol. The van der Waals surface area contributed by atoms with Gasteiger partial charge in [-0.2, -0.15) is 4.31 Å². The lowest BCUT2D eigenvalue weighted by Crippen LogP contribution is -2.46. The van der Waals surface area contributed by atoms with E-state index in [1.54, 1.807) is 11.8 Å². The molecule has 0 atom stereocenters. The van der Waals surface area contributed by atoms with Gasteiger partial charge in [-0.1, -0.05) is 12.1 Å². The first-order valence-corrected chi connectivity index (χ1v) is 10.7. The molecule has 1 aromatic rings. The molecule has 9 heteroatoms. The van der Waals surface area contributed by atoms with Gasteiger partial charge in [0.15, 0.2) is 0 Å². The minimum atomic E-state index is -3.62. The van der Waals surface area contributed by atoms with Crippen LogP contribution in [0.4, 0.5) is 4.39 Å². The van der Waals surface area contributed by atoms with Gasteiger partial charge in [-0.05, 0) is 37.5 Å². The smallest absolute Gasteiger partial charge is 0.309 e. The van der Waals surface area contributed by atoms with Gasteiger partial charge in [-0.3, -0.25) is 9.59 Å². The van der Waals surface area contributed by atoms with Crippen LogP contribution in [0.2, 0.25) is 0 Å². The van der Waals surface area contributed by atoms with Crippen molar-refractivity contribution in [2.24, 2.45) is 5.92 Å². The Bertz CT molecular complexity index is 758. The normalized spacial score (nSPS) is 15.8. The molecule has 1 fully saturated rings. The fraction of sp³-hybridized carbons (Fsp3) is 0.556. The Balaban J connectivity index is 1.96. The number of hydrogen-bond acceptors (Lipinski definition) is 5. The summed E-state index contributed by atoms with van der Waals surface area (Å²) in [5, 5.41) is 0. The number of benzene rings is 1. The van der Waals surface area contributed by atoms with Crippen LogP contribution in [0.15, 0.2) is 24.3 Å². The van der Waals surface area contributed by atoms with Gasteiger partial charge in [0, 0.05) is 19.6 Å². The molecule has 1 aromatic carbocycles. The SMILES string of the molecule is CCOC(=O)C1CCN(C(=O)CN(Cc2ccc(F)cc2)S(C)(=O)=O)CC1. The summed E-state index contributed by atoms with van der Waals surface area (Å²) in [7, 11) is -3.62. The lowest BCUT2D eigenvalue weighted by molar-refractivity contribution is -0.151. The maximum Gasteiger partial charge on any atom is 0.309 e. The van der Waals surface area contributed by atoms with Crippen LogP contribution in [0.5, 0.6) is 0 Å². The van der Waals surface area contributed by atoms with E-state index in [4.69, 9.17) is 4.74 Å². The summed E-state index contributed by atoms with van der Waals surface area (Å²) in [5.74, 6) is -1.20. The monoisotopic (exact) mass is 400 g/mol. The predicted molar refractivity (Wildman–Crippen MR) is 97.6 cm³/mol. The molecular formula is C18H25FN2O5S. The van der Waals surface area contributed by atoms with Crippen molar-refractivity contribution in [3.63, 3.8) is 0 Å². The molecule has 1 aliphatic rings. The summed E-state index contributed by atoms with van der Waals surface area (Å²) in [6.07, 6.45) is 2.04. The van der Waals surface area contributed by atoms with Gasteiger partial charge in [-0.15, -0.1) is 0 Å². The minimum absolute atomic E-state index is 0.00978. The van der Waals surface area contributed by atoms with Gasteiger partial charge < -0.3 is 9.64 Å². The van der Waals surface area contributed by atoms with Gasteiger partial charge in [0.25, 0.3) is 0 Å². The lowest BCUT2D eigenvalue weighted by atomic mass is 9.97. The quantitative estimate of drug-likeness (QED) is 0.646. The van der Waals surface area contributed by atoms with E-state index in [1.165, 1.54) is 24.3 Å². The molecule has 0 unspecified atom stereocenters. The Morgan fingerprint density at radius 3 is 2.33 bits per heavy atom. The molecule has 7 nitrogen and oxygen atoms in total. The molecule has 150 valence electrons. The number of hydrogen-bond donors (Lipinski definition) is 0. The Morgan fingerprint density at radius 1 is 1.22 bits per heavy atom. The molecule has 1 heterocycles. The number of sulfonamides is 1. The maximum absolute atomic E-state index is 13.0. The summed E-state index contributed by atoms with van der Waals surface area (Å²) < 4.78 is 43.2. The molecule has 0 radical (unpaired) electrons. The van der Waals surface area contributed by atoms with Crippen molar-refractivity contribution in [2.75, 3.05) is 32.5 Å². The molecule has 0 N–H and O–H groups in total. The van der Waals surface area contributed by atoms with Gasteiger partial charge in [0.05, 0.1) is 25.3 Å². The summed E-state index contributed by atoms with van der Waals surface area (Å²) in [4.78, 5) is 25.9. The molecule has 1 aliphatic heterocycles. The molecule has 27 heavy (non-hydrogen) atoms. The van der Waals surface area contributed by atoms with Gasteiger partial charge in [-0.25, -0.2) is 12.8 Å². The second-order valence-electron chi connectivity index (χ2n) is 6.56. The first kappa shape index (κ1) is 21.3. The topological polar surface area (TPSA) is 84.0 Å². The zero-order valence-electron chi connectivity index (χ0n) is 15.6. The van der Waals surface area contributed by atoms with Crippen molar-refractivity contribution in [3.05, 3.63) is 35.6 Å². The van der Waals surface area contributed by atoms with E-state index in [1.807, 2.05) is 0 Å². The van der Waals surface area contributed by atoms with Gasteiger partial charge in [0.1, 0.15) is 5.82 Å². The number of carbonyl (C=O) groups is 2. The number of rotatable bonds is 7. The molecule has 0 aromatic heterocycles. The Morgan fingerprint density at radius 2 is 1.81 bits per heavy atom. The number of nitrogens with zero attached hydrogens (tertiary/aromatic N) is 2. The van der Waals surface area contributed by atoms with E-state index in [-0.39, 0.29) is 30.9 Å². The largest absolute Gasteiger partial charge is 0.466 e. The third-order valence-corrected chi connectivity index (χ3v) is 5.72. The average Bonchev–Trinajstić information content (AvgIpc) is 2.62. The van der Waals surface area contributed by atoms with E-state index < -0.39 is 15.8 Å². The average molecular weight is 400 g/mol. The number of esters is 1. The summed E-state index contributed by atoms with van der Waals surface area (Å²) in [6, 6.07) is 5.47. The van der Waals surface area contributed by atoms with E-state index >= 15 is 0 Å². The predicted octanol–water partition coefficient (Wildman–Crippen LogP) is 1.39. The molecule has 1 saturated heterocycles. The number of likely N-dealkylation sites (tertiary alicyclic amines) is 1. The van der Waals surface area contributed by atoms with Gasteiger partial charge >= 0.3 is 5.97 Å². The molecule has 2 rings (SSSR count). The van der Waals surface area contributed by atoms with E-state index in [0.717, 1.165) is 10.6 Å². The molecule has 1 amide bonds. The van der Waals surface area contributed by atoms with Crippen molar-refractivity contribution in [1.29, 1.82) is 0 Å². The fourth-order valence-electron chi connectivity index (χ4n) is 2.96. The van der Waals surface area contributed by atoms with Crippen LogP contribution in [-0.2, 0) is 30.9 Å². The molecule has 0 aliphatic carbocycles. The maximum atomic E-state index is 13.0. The Hall–Kier alpha value is -2.00. The van der Waals surface area contributed by atoms with E-state index in [0.29, 0.717) is 38.1 Å². The van der Waals surface area contributed by atoms with E-state index in [9.17, 15) is 22.4 Å². The molecule has 0 saturated carbocycles. The molecule has 0 bridgehead atoms. The summed E-state index contributed by atoms with van der Waals surface area (Å²) >= 11 is 0. The number of carbonyl (C=O) groups excluding carboxylic acids is 2. The Kier molecular flexibility index (Phi) is 7.32. The van der Waals surface area contributed by atoms with E-state index in [2.05, 4.69) is 0 Å². The third-order valence-electron chi connectivity index (χ3n) is 4.52. The van der Waals surface area contributed by atoms with Crippen LogP contribution in [0, 0.1) is 11.7 Å². The van der Waals surface area contributed by atoms with Crippen molar-refractivity contribution in [3.8, 4) is 0 Å². The van der Waals surface area contributed by atoms with Crippen LogP contribution in [-0.4, -0.2) is 62.0 Å². The summed E-state index contributed by atoms with van der Waals surface area (Å²) in [6.45, 7) is 2.54. The van der Waals surface area contributed by atoms with Crippen LogP contribution < -0.4 is 0 Å². The first-order valence-electron chi connectivity index (χ1n) is 8.84. The number of piperidine rings is 1. The van der Waals surface area contributed by atoms with Crippen molar-refractivity contribution >= 4 is 21.9 Å². The van der Waals surface area contributed by atoms with Crippen molar-refractivity contribution in [2.45, 2.75) is 26.3 Å². The highest BCUT2D eigenvalue weighted by atomic mass is 32.2. The molecule has 0 spiro atoms.